The van der Waals surface area contributed by atoms with E-state index in [4.69, 9.17) is 5.73 Å². The van der Waals surface area contributed by atoms with Crippen molar-refractivity contribution in [2.75, 3.05) is 13.1 Å². The van der Waals surface area contributed by atoms with Crippen molar-refractivity contribution in [2.45, 2.75) is 19.5 Å². The number of nitrogens with two attached hydrogens (primary N) is 1. The number of hydrogen-bond donors (Lipinski definition) is 2. The molecule has 0 saturated carbocycles. The molecule has 1 aliphatic rings. The molecule has 1 atom stereocenters. The monoisotopic (exact) mass is 198 g/mol. The van der Waals surface area contributed by atoms with Crippen molar-refractivity contribution in [3.8, 4) is 0 Å². The van der Waals surface area contributed by atoms with E-state index in [1.165, 1.54) is 0 Å². The van der Waals surface area contributed by atoms with Crippen molar-refractivity contribution in [1.82, 2.24) is 10.2 Å². The van der Waals surface area contributed by atoms with Crippen LogP contribution < -0.4 is 11.1 Å². The third-order valence-corrected chi connectivity index (χ3v) is 2.03. The molecule has 78 valence electrons. The van der Waals surface area contributed by atoms with E-state index in [2.05, 4.69) is 10.3 Å². The van der Waals surface area contributed by atoms with E-state index in [-0.39, 0.29) is 6.17 Å². The van der Waals surface area contributed by atoms with Crippen molar-refractivity contribution in [1.29, 1.82) is 0 Å². The first-order valence-corrected chi connectivity index (χ1v) is 4.51. The van der Waals surface area contributed by atoms with Gasteiger partial charge in [-0.3, -0.25) is 14.6 Å². The van der Waals surface area contributed by atoms with Gasteiger partial charge in [0.15, 0.2) is 0 Å². The van der Waals surface area contributed by atoms with Gasteiger partial charge in [0.1, 0.15) is 6.17 Å². The number of aliphatic imine (C=N–C) groups is 1. The van der Waals surface area contributed by atoms with Crippen molar-refractivity contribution >= 4 is 18.2 Å². The third-order valence-electron chi connectivity index (χ3n) is 2.03. The summed E-state index contributed by atoms with van der Waals surface area (Å²) in [7, 11) is 0. The van der Waals surface area contributed by atoms with E-state index in [0.717, 1.165) is 13.1 Å². The molecule has 2 amide bonds. The largest absolute Gasteiger partial charge is 0.361 e. The minimum Gasteiger partial charge on any atom is -0.361 e. The topological polar surface area (TPSA) is 87.8 Å². The summed E-state index contributed by atoms with van der Waals surface area (Å²) in [6.07, 6.45) is 2.18. The number of amides is 2. The summed E-state index contributed by atoms with van der Waals surface area (Å²) < 4.78 is 0. The summed E-state index contributed by atoms with van der Waals surface area (Å²) >= 11 is 0. The lowest BCUT2D eigenvalue weighted by molar-refractivity contribution is -0.138. The molecular formula is C8H14N4O2. The lowest BCUT2D eigenvalue weighted by Gasteiger charge is -2.25. The Kier molecular flexibility index (Phi) is 3.44. The molecule has 6 heteroatoms. The molecule has 1 rings (SSSR count). The molecule has 0 spiro atoms. The minimum atomic E-state index is -0.959. The van der Waals surface area contributed by atoms with E-state index < -0.39 is 11.8 Å². The van der Waals surface area contributed by atoms with Crippen molar-refractivity contribution in [2.24, 2.45) is 10.7 Å². The summed E-state index contributed by atoms with van der Waals surface area (Å²) in [5.74, 6) is -1.71. The van der Waals surface area contributed by atoms with Gasteiger partial charge in [0.2, 0.25) is 0 Å². The molecule has 0 saturated heterocycles. The zero-order valence-corrected chi connectivity index (χ0v) is 8.06. The van der Waals surface area contributed by atoms with Crippen molar-refractivity contribution in [3.05, 3.63) is 0 Å². The molecule has 0 aliphatic carbocycles. The number of carbonyl (C=O) groups excluding carboxylic acids is 2. The van der Waals surface area contributed by atoms with Gasteiger partial charge in [-0.05, 0) is 6.42 Å². The number of primary amides is 1. The average Bonchev–Trinajstić information content (AvgIpc) is 2.66. The maximum atomic E-state index is 11.0. The summed E-state index contributed by atoms with van der Waals surface area (Å²) in [4.78, 5) is 27.4. The molecule has 0 aromatic heterocycles. The second kappa shape index (κ2) is 4.59. The molecule has 1 aliphatic heterocycles. The Labute approximate surface area is 82.2 Å². The predicted octanol–water partition coefficient (Wildman–Crippen LogP) is -1.33. The fourth-order valence-corrected chi connectivity index (χ4v) is 1.27. The van der Waals surface area contributed by atoms with Gasteiger partial charge < -0.3 is 16.0 Å². The van der Waals surface area contributed by atoms with Crippen LogP contribution in [0.15, 0.2) is 4.99 Å². The normalized spacial score (nSPS) is 16.8. The molecule has 0 radical (unpaired) electrons. The molecule has 6 nitrogen and oxygen atoms in total. The highest BCUT2D eigenvalue weighted by atomic mass is 16.2. The van der Waals surface area contributed by atoms with Gasteiger partial charge in [0.25, 0.3) is 0 Å². The molecule has 0 aromatic carbocycles. The van der Waals surface area contributed by atoms with E-state index in [0.29, 0.717) is 6.42 Å². The van der Waals surface area contributed by atoms with Crippen LogP contribution in [0.25, 0.3) is 0 Å². The van der Waals surface area contributed by atoms with Gasteiger partial charge in [-0.1, -0.05) is 6.92 Å². The van der Waals surface area contributed by atoms with Gasteiger partial charge in [-0.2, -0.15) is 0 Å². The van der Waals surface area contributed by atoms with E-state index in [1.807, 2.05) is 11.8 Å². The minimum absolute atomic E-state index is 0.193. The standard InChI is InChI=1S/C8H14N4O2/c1-2-6(11-8(14)7(9)13)12-4-3-10-5-12/h5-6H,2-4H2,1H3,(H2,9,13)(H,11,14). The van der Waals surface area contributed by atoms with Crippen LogP contribution in [-0.2, 0) is 9.59 Å². The second-order valence-electron chi connectivity index (χ2n) is 3.02. The smallest absolute Gasteiger partial charge is 0.310 e. The number of rotatable bonds is 3. The molecule has 1 heterocycles. The van der Waals surface area contributed by atoms with Crippen LogP contribution in [0.4, 0.5) is 0 Å². The Morgan fingerprint density at radius 1 is 1.71 bits per heavy atom. The van der Waals surface area contributed by atoms with Crippen LogP contribution in [0.3, 0.4) is 0 Å². The summed E-state index contributed by atoms with van der Waals surface area (Å²) in [6.45, 7) is 3.40. The van der Waals surface area contributed by atoms with Gasteiger partial charge >= 0.3 is 11.8 Å². The zero-order valence-electron chi connectivity index (χ0n) is 8.06. The van der Waals surface area contributed by atoms with Gasteiger partial charge in [0.05, 0.1) is 12.9 Å². The highest BCUT2D eigenvalue weighted by molar-refractivity contribution is 6.34. The highest BCUT2D eigenvalue weighted by Gasteiger charge is 2.20. The van der Waals surface area contributed by atoms with E-state index in [1.54, 1.807) is 6.34 Å². The first-order chi connectivity index (χ1) is 6.65. The van der Waals surface area contributed by atoms with Crippen LogP contribution in [0, 0.1) is 0 Å². The van der Waals surface area contributed by atoms with Gasteiger partial charge in [-0.25, -0.2) is 0 Å². The SMILES string of the molecule is CCC(NC(=O)C(N)=O)N1C=NCC1. The van der Waals surface area contributed by atoms with Crippen molar-refractivity contribution < 1.29 is 9.59 Å². The first-order valence-electron chi connectivity index (χ1n) is 4.51. The lowest BCUT2D eigenvalue weighted by atomic mass is 10.3. The average molecular weight is 198 g/mol. The molecule has 0 fully saturated rings. The van der Waals surface area contributed by atoms with Crippen LogP contribution >= 0.6 is 0 Å². The molecule has 0 bridgehead atoms. The maximum Gasteiger partial charge on any atom is 0.310 e. The predicted molar refractivity (Wildman–Crippen MR) is 51.5 cm³/mol. The van der Waals surface area contributed by atoms with E-state index >= 15 is 0 Å². The third kappa shape index (κ3) is 2.45. The van der Waals surface area contributed by atoms with E-state index in [9.17, 15) is 9.59 Å². The number of hydrogen-bond acceptors (Lipinski definition) is 4. The molecular weight excluding hydrogens is 184 g/mol. The Morgan fingerprint density at radius 3 is 2.86 bits per heavy atom. The Hall–Kier alpha value is -1.59. The molecule has 1 unspecified atom stereocenters. The van der Waals surface area contributed by atoms with Crippen LogP contribution in [-0.4, -0.2) is 42.3 Å². The number of nitrogens with zero attached hydrogens (tertiary/aromatic N) is 2. The van der Waals surface area contributed by atoms with Crippen molar-refractivity contribution in [3.63, 3.8) is 0 Å². The molecule has 0 aromatic rings. The lowest BCUT2D eigenvalue weighted by Crippen LogP contribution is -2.50. The fourth-order valence-electron chi connectivity index (χ4n) is 1.27. The number of carbonyl (C=O) groups is 2. The van der Waals surface area contributed by atoms with Crippen LogP contribution in [0.5, 0.6) is 0 Å². The van der Waals surface area contributed by atoms with Gasteiger partial charge in [0, 0.05) is 6.54 Å². The summed E-state index contributed by atoms with van der Waals surface area (Å²) in [5, 5.41) is 2.53. The first kappa shape index (κ1) is 10.5. The summed E-state index contributed by atoms with van der Waals surface area (Å²) in [6, 6.07) is 0. The van der Waals surface area contributed by atoms with Gasteiger partial charge in [-0.15, -0.1) is 0 Å². The Morgan fingerprint density at radius 2 is 2.43 bits per heavy atom. The summed E-state index contributed by atoms with van der Waals surface area (Å²) in [5.41, 5.74) is 4.83. The quantitative estimate of drug-likeness (QED) is 0.551. The second-order valence-corrected chi connectivity index (χ2v) is 3.02. The Bertz CT molecular complexity index is 264. The highest BCUT2D eigenvalue weighted by Crippen LogP contribution is 2.02. The maximum absolute atomic E-state index is 11.0. The zero-order chi connectivity index (χ0) is 10.6. The number of nitrogens with one attached hydrogen (secondary N) is 1. The van der Waals surface area contributed by atoms with Crippen LogP contribution in [0.1, 0.15) is 13.3 Å². The molecule has 3 N–H and O–H groups in total. The molecule has 14 heavy (non-hydrogen) atoms. The van der Waals surface area contributed by atoms with Crippen LogP contribution in [0.2, 0.25) is 0 Å². The fraction of sp³-hybridized carbons (Fsp3) is 0.625. The Balaban J connectivity index is 2.50.